The monoisotopic (exact) mass is 454 g/mol. The van der Waals surface area contributed by atoms with E-state index in [1.54, 1.807) is 21.3 Å². The van der Waals surface area contributed by atoms with E-state index in [-0.39, 0.29) is 0 Å². The van der Waals surface area contributed by atoms with Crippen LogP contribution in [-0.4, -0.2) is 78.7 Å². The molecule has 9 heteroatoms. The van der Waals surface area contributed by atoms with Crippen LogP contribution in [0.3, 0.4) is 0 Å². The minimum Gasteiger partial charge on any atom is -0.493 e. The number of hydrogen-bond acceptors (Lipinski definition) is 8. The Bertz CT molecular complexity index is 1100. The highest BCUT2D eigenvalue weighted by Gasteiger charge is 2.25. The maximum absolute atomic E-state index is 5.57. The Labute approximate surface area is 195 Å². The molecule has 1 aliphatic heterocycles. The summed E-state index contributed by atoms with van der Waals surface area (Å²) in [6.45, 7) is 9.30. The first kappa shape index (κ1) is 23.1. The van der Waals surface area contributed by atoms with Crippen molar-refractivity contribution in [3.63, 3.8) is 0 Å². The third-order valence-electron chi connectivity index (χ3n) is 6.26. The molecule has 0 spiro atoms. The molecule has 0 radical (unpaired) electrons. The first-order chi connectivity index (χ1) is 16.0. The van der Waals surface area contributed by atoms with Crippen LogP contribution in [0.1, 0.15) is 26.0 Å². The molecule has 1 fully saturated rings. The Hall–Kier alpha value is -3.07. The van der Waals surface area contributed by atoms with Crippen molar-refractivity contribution in [2.45, 2.75) is 26.7 Å². The maximum atomic E-state index is 5.57. The minimum atomic E-state index is 0.550. The number of benzene rings is 1. The van der Waals surface area contributed by atoms with Gasteiger partial charge < -0.3 is 24.0 Å². The fourth-order valence-corrected chi connectivity index (χ4v) is 4.46. The fraction of sp³-hybridized carbons (Fsp3) is 0.542. The first-order valence-corrected chi connectivity index (χ1v) is 11.6. The van der Waals surface area contributed by atoms with Gasteiger partial charge in [-0.15, -0.1) is 0 Å². The van der Waals surface area contributed by atoms with E-state index in [0.717, 1.165) is 73.7 Å². The van der Waals surface area contributed by atoms with Gasteiger partial charge in [0.2, 0.25) is 5.75 Å². The molecule has 33 heavy (non-hydrogen) atoms. The molecular weight excluding hydrogens is 420 g/mol. The highest BCUT2D eigenvalue weighted by molar-refractivity contribution is 5.90. The van der Waals surface area contributed by atoms with E-state index >= 15 is 0 Å². The van der Waals surface area contributed by atoms with Gasteiger partial charge in [0.1, 0.15) is 11.0 Å². The number of piperazine rings is 1. The van der Waals surface area contributed by atoms with Gasteiger partial charge in [-0.2, -0.15) is 5.10 Å². The molecule has 1 aromatic carbocycles. The van der Waals surface area contributed by atoms with Gasteiger partial charge in [-0.3, -0.25) is 4.68 Å². The molecule has 0 aliphatic carbocycles. The van der Waals surface area contributed by atoms with Crippen LogP contribution >= 0.6 is 0 Å². The lowest BCUT2D eigenvalue weighted by Gasteiger charge is -2.35. The highest BCUT2D eigenvalue weighted by Crippen LogP contribution is 2.41. The quantitative estimate of drug-likeness (QED) is 0.514. The summed E-state index contributed by atoms with van der Waals surface area (Å²) in [6, 6.07) is 3.80. The zero-order chi connectivity index (χ0) is 23.5. The van der Waals surface area contributed by atoms with Crippen LogP contribution < -0.4 is 19.1 Å². The van der Waals surface area contributed by atoms with Crippen molar-refractivity contribution in [2.75, 3.05) is 59.0 Å². The molecule has 4 rings (SSSR count). The Balaban J connectivity index is 1.90. The third kappa shape index (κ3) is 4.29. The van der Waals surface area contributed by atoms with Crippen molar-refractivity contribution in [1.82, 2.24) is 24.6 Å². The Morgan fingerprint density at radius 3 is 2.12 bits per heavy atom. The molecule has 0 unspecified atom stereocenters. The predicted octanol–water partition coefficient (Wildman–Crippen LogP) is 3.15. The Kier molecular flexibility index (Phi) is 6.88. The molecule has 0 saturated carbocycles. The lowest BCUT2D eigenvalue weighted by Crippen LogP contribution is -2.46. The van der Waals surface area contributed by atoms with Crippen molar-refractivity contribution in [2.24, 2.45) is 7.05 Å². The number of ether oxygens (including phenoxy) is 3. The Morgan fingerprint density at radius 1 is 0.909 bits per heavy atom. The summed E-state index contributed by atoms with van der Waals surface area (Å²) in [4.78, 5) is 14.9. The molecule has 3 heterocycles. The molecule has 0 N–H and O–H groups in total. The zero-order valence-corrected chi connectivity index (χ0v) is 20.5. The summed E-state index contributed by atoms with van der Waals surface area (Å²) in [5.41, 5.74) is 3.70. The van der Waals surface area contributed by atoms with Gasteiger partial charge in [-0.25, -0.2) is 9.97 Å². The average Bonchev–Trinajstić information content (AvgIpc) is 3.17. The molecule has 1 saturated heterocycles. The molecule has 0 amide bonds. The lowest BCUT2D eigenvalue weighted by atomic mass is 10.1. The summed E-state index contributed by atoms with van der Waals surface area (Å²) in [5, 5.41) is 4.80. The van der Waals surface area contributed by atoms with Gasteiger partial charge in [0.25, 0.3) is 0 Å². The number of methoxy groups -OCH3 is 3. The molecule has 0 bridgehead atoms. The van der Waals surface area contributed by atoms with Crippen LogP contribution in [0.5, 0.6) is 17.2 Å². The second-order valence-corrected chi connectivity index (χ2v) is 8.22. The summed E-state index contributed by atoms with van der Waals surface area (Å²) in [6.07, 6.45) is 1.87. The van der Waals surface area contributed by atoms with Crippen LogP contribution in [0.15, 0.2) is 12.1 Å². The number of anilines is 1. The summed E-state index contributed by atoms with van der Waals surface area (Å²) < 4.78 is 18.6. The molecular formula is C24H34N6O3. The SMILES string of the molecule is CCCc1nn(C)c2c(N3CCN(CC)CC3)nc(-c3cc(OC)c(OC)c(OC)c3)nc12. The smallest absolute Gasteiger partial charge is 0.203 e. The number of rotatable bonds is 8. The van der Waals surface area contributed by atoms with Crippen molar-refractivity contribution in [3.8, 4) is 28.6 Å². The highest BCUT2D eigenvalue weighted by atomic mass is 16.5. The molecule has 9 nitrogen and oxygen atoms in total. The van der Waals surface area contributed by atoms with Gasteiger partial charge in [-0.05, 0) is 25.1 Å². The molecule has 1 aliphatic rings. The van der Waals surface area contributed by atoms with E-state index in [1.165, 1.54) is 0 Å². The molecule has 3 aromatic rings. The van der Waals surface area contributed by atoms with Gasteiger partial charge in [0.05, 0.1) is 27.0 Å². The standard InChI is InChI=1S/C24H34N6O3/c1-7-9-17-20-21(28(3)27-17)24(30-12-10-29(8-2)11-13-30)26-23(25-20)16-14-18(31-4)22(33-6)19(15-16)32-5/h14-15H,7-13H2,1-6H3. The van der Waals surface area contributed by atoms with Crippen LogP contribution in [0.4, 0.5) is 5.82 Å². The number of aromatic nitrogens is 4. The zero-order valence-electron chi connectivity index (χ0n) is 20.5. The minimum absolute atomic E-state index is 0.550. The fourth-order valence-electron chi connectivity index (χ4n) is 4.46. The molecule has 178 valence electrons. The largest absolute Gasteiger partial charge is 0.493 e. The lowest BCUT2D eigenvalue weighted by molar-refractivity contribution is 0.270. The van der Waals surface area contributed by atoms with Crippen molar-refractivity contribution >= 4 is 16.9 Å². The average molecular weight is 455 g/mol. The summed E-state index contributed by atoms with van der Waals surface area (Å²) in [7, 11) is 6.81. The number of nitrogens with zero attached hydrogens (tertiary/aromatic N) is 6. The number of likely N-dealkylation sites (N-methyl/N-ethyl adjacent to an activating group) is 1. The van der Waals surface area contributed by atoms with Gasteiger partial charge in [0, 0.05) is 38.8 Å². The number of aryl methyl sites for hydroxylation is 2. The maximum Gasteiger partial charge on any atom is 0.203 e. The van der Waals surface area contributed by atoms with Crippen LogP contribution in [0.2, 0.25) is 0 Å². The summed E-state index contributed by atoms with van der Waals surface area (Å²) >= 11 is 0. The van der Waals surface area contributed by atoms with Crippen molar-refractivity contribution in [1.29, 1.82) is 0 Å². The van der Waals surface area contributed by atoms with E-state index in [4.69, 9.17) is 29.3 Å². The van der Waals surface area contributed by atoms with E-state index in [2.05, 4.69) is 23.6 Å². The number of fused-ring (bicyclic) bond motifs is 1. The van der Waals surface area contributed by atoms with E-state index in [0.29, 0.717) is 23.1 Å². The van der Waals surface area contributed by atoms with Gasteiger partial charge in [-0.1, -0.05) is 20.3 Å². The second kappa shape index (κ2) is 9.82. The van der Waals surface area contributed by atoms with E-state index in [9.17, 15) is 0 Å². The molecule has 0 atom stereocenters. The predicted molar refractivity (Wildman–Crippen MR) is 130 cm³/mol. The van der Waals surface area contributed by atoms with Crippen LogP contribution in [0, 0.1) is 0 Å². The molecule has 2 aromatic heterocycles. The van der Waals surface area contributed by atoms with Gasteiger partial charge >= 0.3 is 0 Å². The van der Waals surface area contributed by atoms with Crippen LogP contribution in [-0.2, 0) is 13.5 Å². The topological polar surface area (TPSA) is 77.8 Å². The third-order valence-corrected chi connectivity index (χ3v) is 6.26. The second-order valence-electron chi connectivity index (χ2n) is 8.22. The van der Waals surface area contributed by atoms with Crippen molar-refractivity contribution in [3.05, 3.63) is 17.8 Å². The van der Waals surface area contributed by atoms with Crippen molar-refractivity contribution < 1.29 is 14.2 Å². The Morgan fingerprint density at radius 2 is 1.58 bits per heavy atom. The first-order valence-electron chi connectivity index (χ1n) is 11.6. The summed E-state index contributed by atoms with van der Waals surface area (Å²) in [5.74, 6) is 3.26. The normalized spacial score (nSPS) is 14.7. The van der Waals surface area contributed by atoms with Gasteiger partial charge in [0.15, 0.2) is 23.1 Å². The van der Waals surface area contributed by atoms with E-state index in [1.807, 2.05) is 23.9 Å². The number of hydrogen-bond donors (Lipinski definition) is 0. The van der Waals surface area contributed by atoms with E-state index < -0.39 is 0 Å². The van der Waals surface area contributed by atoms with Crippen LogP contribution in [0.25, 0.3) is 22.4 Å².